The summed E-state index contributed by atoms with van der Waals surface area (Å²) in [5.41, 5.74) is 8.90. The van der Waals surface area contributed by atoms with Crippen molar-refractivity contribution in [1.29, 1.82) is 0 Å². The fourth-order valence-electron chi connectivity index (χ4n) is 10.6. The first-order valence-electron chi connectivity index (χ1n) is 18.6. The van der Waals surface area contributed by atoms with Crippen molar-refractivity contribution >= 4 is 17.5 Å². The number of carbonyl (C=O) groups excluding carboxylic acids is 1. The van der Waals surface area contributed by atoms with Crippen LogP contribution in [0.2, 0.25) is 0 Å². The Labute approximate surface area is 282 Å². The summed E-state index contributed by atoms with van der Waals surface area (Å²) < 4.78 is 5.90. The molecule has 4 aliphatic rings. The summed E-state index contributed by atoms with van der Waals surface area (Å²) in [4.78, 5) is 38.7. The van der Waals surface area contributed by atoms with Crippen LogP contribution >= 0.6 is 0 Å². The number of nitrogens with one attached hydrogen (secondary N) is 3. The van der Waals surface area contributed by atoms with Gasteiger partial charge in [-0.2, -0.15) is 0 Å². The van der Waals surface area contributed by atoms with E-state index in [0.29, 0.717) is 41.7 Å². The molecule has 0 aromatic heterocycles. The minimum absolute atomic E-state index is 0.0638. The molecule has 8 atom stereocenters. The van der Waals surface area contributed by atoms with Crippen molar-refractivity contribution in [2.24, 2.45) is 46.2 Å². The monoisotopic (exact) mass is 653 g/mol. The number of nitrogens with two attached hydrogens (primary N) is 1. The van der Waals surface area contributed by atoms with Crippen LogP contribution in [0.1, 0.15) is 105 Å². The quantitative estimate of drug-likeness (QED) is 0.111. The molecule has 264 valence electrons. The summed E-state index contributed by atoms with van der Waals surface area (Å²) in [6.45, 7) is 14.1. The van der Waals surface area contributed by atoms with Gasteiger partial charge in [0.15, 0.2) is 0 Å². The molecule has 3 fully saturated rings. The topological polar surface area (TPSA) is 126 Å². The minimum atomic E-state index is -0.519. The van der Waals surface area contributed by atoms with Crippen molar-refractivity contribution < 1.29 is 9.53 Å². The van der Waals surface area contributed by atoms with E-state index in [1.54, 1.807) is 0 Å². The Morgan fingerprint density at radius 3 is 2.34 bits per heavy atom. The third-order valence-electron chi connectivity index (χ3n) is 13.2. The van der Waals surface area contributed by atoms with E-state index in [4.69, 9.17) is 10.5 Å². The zero-order valence-corrected chi connectivity index (χ0v) is 30.3. The Hall–Kier alpha value is -2.39. The highest BCUT2D eigenvalue weighted by atomic mass is 16.6. The Bertz CT molecular complexity index is 1370. The lowest BCUT2D eigenvalue weighted by Gasteiger charge is -2.63. The normalized spacial score (nSPS) is 34.0. The molecule has 5 N–H and O–H groups in total. The number of carbonyl (C=O) groups is 1. The highest BCUT2D eigenvalue weighted by Crippen LogP contribution is 2.68. The first kappa shape index (κ1) is 35.9. The number of nitrogens with zero attached hydrogens (tertiary/aromatic N) is 1. The van der Waals surface area contributed by atoms with Crippen LogP contribution in [0.15, 0.2) is 21.2 Å². The molecule has 0 radical (unpaired) electrons. The molecule has 0 saturated heterocycles. The van der Waals surface area contributed by atoms with E-state index in [-0.39, 0.29) is 23.6 Å². The first-order chi connectivity index (χ1) is 22.2. The van der Waals surface area contributed by atoms with Gasteiger partial charge < -0.3 is 31.3 Å². The molecule has 1 amide bonds. The Morgan fingerprint density at radius 1 is 0.957 bits per heavy atom. The van der Waals surface area contributed by atoms with Gasteiger partial charge in [-0.05, 0) is 99.5 Å². The predicted octanol–water partition coefficient (Wildman–Crippen LogP) is 5.89. The van der Waals surface area contributed by atoms with E-state index < -0.39 is 17.0 Å². The second kappa shape index (κ2) is 14.2. The average molecular weight is 654 g/mol. The number of fused-ring (bicyclic) bond motifs is 5. The molecule has 9 nitrogen and oxygen atoms in total. The zero-order valence-electron chi connectivity index (χ0n) is 30.3. The fourth-order valence-corrected chi connectivity index (χ4v) is 10.6. The van der Waals surface area contributed by atoms with Crippen molar-refractivity contribution in [2.75, 3.05) is 50.9 Å². The van der Waals surface area contributed by atoms with E-state index in [1.165, 1.54) is 50.5 Å². The van der Waals surface area contributed by atoms with E-state index in [1.807, 2.05) is 19.0 Å². The number of ether oxygens (including phenoxy) is 1. The summed E-state index contributed by atoms with van der Waals surface area (Å²) in [6.07, 6.45) is 14.5. The lowest BCUT2D eigenvalue weighted by molar-refractivity contribution is -0.0744. The van der Waals surface area contributed by atoms with Crippen LogP contribution in [0, 0.1) is 40.4 Å². The SMILES string of the molecule is CC(C)CCC[C@@H](C)[C@H]1CCC2C1(C)CC[C@@H]1C3(C)CCC(OC(=O)NCCNc4c(NCCN(C)C)c(=O)c4=O)CC3=CCC21N. The van der Waals surface area contributed by atoms with Crippen molar-refractivity contribution in [2.45, 2.75) is 117 Å². The summed E-state index contributed by atoms with van der Waals surface area (Å²) in [5.74, 6) is 3.37. The maximum absolute atomic E-state index is 12.7. The van der Waals surface area contributed by atoms with Crippen LogP contribution < -0.4 is 32.5 Å². The highest BCUT2D eigenvalue weighted by molar-refractivity contribution is 5.74. The standard InChI is InChI=1S/C38H63N5O4/c1-24(2)9-8-10-25(3)28-11-12-29-37(28,5)17-15-30-36(4)16-14-27(23-26(36)13-18-38(29,30)39)47-35(46)42-20-19-40-31-32(34(45)33(31)44)41-21-22-43(6)7/h13,24-25,27-30,40-41H,8-12,14-23,39H2,1-7H3,(H,42,46)/t25-,27?,28-,29?,30-,36?,37?,38?/m1/s1. The molecule has 47 heavy (non-hydrogen) atoms. The molecule has 0 spiro atoms. The smallest absolute Gasteiger partial charge is 0.407 e. The maximum atomic E-state index is 12.7. The molecule has 9 heteroatoms. The van der Waals surface area contributed by atoms with Crippen LogP contribution in [0.5, 0.6) is 0 Å². The number of hydrogen-bond acceptors (Lipinski definition) is 8. The van der Waals surface area contributed by atoms with E-state index in [9.17, 15) is 14.4 Å². The zero-order chi connectivity index (χ0) is 34.1. The Morgan fingerprint density at radius 2 is 1.66 bits per heavy atom. The molecule has 0 heterocycles. The fraction of sp³-hybridized carbons (Fsp3) is 0.816. The first-order valence-corrected chi connectivity index (χ1v) is 18.6. The molecule has 1 aromatic rings. The molecular formula is C38H63N5O4. The molecule has 0 aliphatic heterocycles. The number of rotatable bonds is 14. The number of likely N-dealkylation sites (N-methyl/N-ethyl adjacent to an activating group) is 1. The predicted molar refractivity (Wildman–Crippen MR) is 192 cm³/mol. The third kappa shape index (κ3) is 7.03. The van der Waals surface area contributed by atoms with Gasteiger partial charge in [0.2, 0.25) is 0 Å². The number of alkyl carbamates (subject to hydrolysis) is 1. The lowest BCUT2D eigenvalue weighted by atomic mass is 9.44. The maximum Gasteiger partial charge on any atom is 0.407 e. The van der Waals surface area contributed by atoms with Gasteiger partial charge in [-0.3, -0.25) is 9.59 Å². The summed E-state index contributed by atoms with van der Waals surface area (Å²) in [6, 6.07) is 0. The van der Waals surface area contributed by atoms with Gasteiger partial charge in [0.25, 0.3) is 10.9 Å². The van der Waals surface area contributed by atoms with Crippen LogP contribution in [-0.4, -0.2) is 62.9 Å². The van der Waals surface area contributed by atoms with Gasteiger partial charge >= 0.3 is 6.09 Å². The average Bonchev–Trinajstić information content (AvgIpc) is 3.37. The third-order valence-corrected chi connectivity index (χ3v) is 13.2. The van der Waals surface area contributed by atoms with Gasteiger partial charge in [0, 0.05) is 38.1 Å². The van der Waals surface area contributed by atoms with Gasteiger partial charge in [0.1, 0.15) is 17.5 Å². The number of amides is 1. The molecule has 5 rings (SSSR count). The van der Waals surface area contributed by atoms with E-state index >= 15 is 0 Å². The second-order valence-corrected chi connectivity index (χ2v) is 16.9. The summed E-state index contributed by atoms with van der Waals surface area (Å²) in [5, 5.41) is 8.86. The van der Waals surface area contributed by atoms with E-state index in [2.05, 4.69) is 56.6 Å². The van der Waals surface area contributed by atoms with Crippen LogP contribution in [0.4, 0.5) is 16.2 Å². The van der Waals surface area contributed by atoms with Gasteiger partial charge in [-0.15, -0.1) is 0 Å². The number of anilines is 2. The minimum Gasteiger partial charge on any atom is -0.446 e. The lowest BCUT2D eigenvalue weighted by Crippen LogP contribution is -2.66. The summed E-state index contributed by atoms with van der Waals surface area (Å²) in [7, 11) is 3.89. The van der Waals surface area contributed by atoms with Crippen molar-refractivity contribution in [3.63, 3.8) is 0 Å². The van der Waals surface area contributed by atoms with Crippen LogP contribution in [0.3, 0.4) is 0 Å². The van der Waals surface area contributed by atoms with Crippen molar-refractivity contribution in [3.05, 3.63) is 32.1 Å². The molecule has 1 aromatic carbocycles. The van der Waals surface area contributed by atoms with Crippen molar-refractivity contribution in [3.8, 4) is 0 Å². The van der Waals surface area contributed by atoms with Crippen LogP contribution in [-0.2, 0) is 4.74 Å². The van der Waals surface area contributed by atoms with Crippen LogP contribution in [0.25, 0.3) is 0 Å². The van der Waals surface area contributed by atoms with Gasteiger partial charge in [0.05, 0.1) is 0 Å². The highest BCUT2D eigenvalue weighted by Gasteiger charge is 2.64. The molecule has 3 saturated carbocycles. The van der Waals surface area contributed by atoms with E-state index in [0.717, 1.165) is 50.0 Å². The largest absolute Gasteiger partial charge is 0.446 e. The summed E-state index contributed by atoms with van der Waals surface area (Å²) >= 11 is 0. The molecule has 0 bridgehead atoms. The van der Waals surface area contributed by atoms with Gasteiger partial charge in [-0.25, -0.2) is 4.79 Å². The second-order valence-electron chi connectivity index (χ2n) is 16.9. The molecular weight excluding hydrogens is 590 g/mol. The Kier molecular flexibility index (Phi) is 10.9. The van der Waals surface area contributed by atoms with Gasteiger partial charge in [-0.1, -0.05) is 65.5 Å². The van der Waals surface area contributed by atoms with Crippen molar-refractivity contribution in [1.82, 2.24) is 10.2 Å². The number of hydrogen-bond donors (Lipinski definition) is 4. The molecule has 5 unspecified atom stereocenters. The Balaban J connectivity index is 1.12. The molecule has 4 aliphatic carbocycles.